The first-order chi connectivity index (χ1) is 8.99. The van der Waals surface area contributed by atoms with Crippen LogP contribution in [0, 0.1) is 0 Å². The summed E-state index contributed by atoms with van der Waals surface area (Å²) in [6.45, 7) is 4.08. The second-order valence-corrected chi connectivity index (χ2v) is 6.05. The van der Waals surface area contributed by atoms with Crippen LogP contribution in [0.2, 0.25) is 5.02 Å². The SMILES string of the molecule is CC(C)n1ncc(Br)c1C(O)Cc1ccc(Cl)cc1. The standard InChI is InChI=1S/C14H16BrClN2O/c1-9(2)18-14(12(15)8-17-18)13(19)7-10-3-5-11(16)6-4-10/h3-6,8-9,13,19H,7H2,1-2H3. The van der Waals surface area contributed by atoms with Crippen LogP contribution in [0.4, 0.5) is 0 Å². The molecule has 0 aliphatic rings. The number of nitrogens with zero attached hydrogens (tertiary/aromatic N) is 2. The summed E-state index contributed by atoms with van der Waals surface area (Å²) in [6, 6.07) is 7.73. The van der Waals surface area contributed by atoms with Crippen molar-refractivity contribution in [1.82, 2.24) is 9.78 Å². The van der Waals surface area contributed by atoms with Crippen LogP contribution in [-0.2, 0) is 6.42 Å². The van der Waals surface area contributed by atoms with E-state index >= 15 is 0 Å². The Kier molecular flexibility index (Phi) is 4.66. The van der Waals surface area contributed by atoms with E-state index in [1.165, 1.54) is 0 Å². The molecule has 0 radical (unpaired) electrons. The highest BCUT2D eigenvalue weighted by Crippen LogP contribution is 2.28. The minimum absolute atomic E-state index is 0.209. The molecule has 0 aliphatic carbocycles. The van der Waals surface area contributed by atoms with E-state index < -0.39 is 6.10 Å². The highest BCUT2D eigenvalue weighted by Gasteiger charge is 2.19. The van der Waals surface area contributed by atoms with Gasteiger partial charge in [0, 0.05) is 17.5 Å². The first-order valence-corrected chi connectivity index (χ1v) is 7.31. The highest BCUT2D eigenvalue weighted by atomic mass is 79.9. The third-order valence-electron chi connectivity index (χ3n) is 2.93. The van der Waals surface area contributed by atoms with Gasteiger partial charge in [0.25, 0.3) is 0 Å². The van der Waals surface area contributed by atoms with Gasteiger partial charge in [-0.1, -0.05) is 23.7 Å². The number of halogens is 2. The number of aromatic nitrogens is 2. The van der Waals surface area contributed by atoms with Gasteiger partial charge in [0.05, 0.1) is 16.4 Å². The predicted molar refractivity (Wildman–Crippen MR) is 80.4 cm³/mol. The Morgan fingerprint density at radius 3 is 2.53 bits per heavy atom. The van der Waals surface area contributed by atoms with E-state index in [4.69, 9.17) is 11.6 Å². The third kappa shape index (κ3) is 3.38. The highest BCUT2D eigenvalue weighted by molar-refractivity contribution is 9.10. The lowest BCUT2D eigenvalue weighted by atomic mass is 10.1. The summed E-state index contributed by atoms with van der Waals surface area (Å²) in [5.74, 6) is 0. The molecular formula is C14H16BrClN2O. The molecule has 1 aromatic heterocycles. The van der Waals surface area contributed by atoms with Gasteiger partial charge in [-0.25, -0.2) is 0 Å². The van der Waals surface area contributed by atoms with E-state index in [1.54, 1.807) is 6.20 Å². The van der Waals surface area contributed by atoms with Crippen molar-refractivity contribution in [3.05, 3.63) is 51.2 Å². The summed E-state index contributed by atoms with van der Waals surface area (Å²) in [5.41, 5.74) is 1.85. The van der Waals surface area contributed by atoms with Crippen molar-refractivity contribution in [2.45, 2.75) is 32.4 Å². The fourth-order valence-electron chi connectivity index (χ4n) is 2.01. The van der Waals surface area contributed by atoms with Crippen molar-refractivity contribution in [3.8, 4) is 0 Å². The van der Waals surface area contributed by atoms with Crippen LogP contribution in [0.1, 0.15) is 37.3 Å². The molecule has 0 saturated heterocycles. The van der Waals surface area contributed by atoms with Crippen LogP contribution in [-0.4, -0.2) is 14.9 Å². The fourth-order valence-corrected chi connectivity index (χ4v) is 2.68. The Morgan fingerprint density at radius 2 is 1.95 bits per heavy atom. The molecule has 0 amide bonds. The molecule has 0 saturated carbocycles. The molecular weight excluding hydrogens is 328 g/mol. The molecule has 1 atom stereocenters. The van der Waals surface area contributed by atoms with Gasteiger partial charge >= 0.3 is 0 Å². The molecule has 0 fully saturated rings. The summed E-state index contributed by atoms with van der Waals surface area (Å²) < 4.78 is 2.67. The molecule has 2 aromatic rings. The fraction of sp³-hybridized carbons (Fsp3) is 0.357. The smallest absolute Gasteiger partial charge is 0.101 e. The Bertz CT molecular complexity index is 551. The van der Waals surface area contributed by atoms with Crippen molar-refractivity contribution >= 4 is 27.5 Å². The van der Waals surface area contributed by atoms with E-state index in [0.29, 0.717) is 11.4 Å². The average molecular weight is 344 g/mol. The normalized spacial score (nSPS) is 12.9. The molecule has 5 heteroatoms. The molecule has 2 rings (SSSR count). The van der Waals surface area contributed by atoms with Crippen LogP contribution in [0.3, 0.4) is 0 Å². The average Bonchev–Trinajstić information content (AvgIpc) is 2.74. The van der Waals surface area contributed by atoms with E-state index in [1.807, 2.05) is 42.8 Å². The zero-order valence-corrected chi connectivity index (χ0v) is 13.2. The van der Waals surface area contributed by atoms with Gasteiger partial charge < -0.3 is 5.11 Å². The maximum absolute atomic E-state index is 10.4. The molecule has 102 valence electrons. The summed E-state index contributed by atoms with van der Waals surface area (Å²) in [4.78, 5) is 0. The molecule has 19 heavy (non-hydrogen) atoms. The third-order valence-corrected chi connectivity index (χ3v) is 3.80. The zero-order chi connectivity index (χ0) is 14.0. The summed E-state index contributed by atoms with van der Waals surface area (Å²) in [5, 5.41) is 15.4. The van der Waals surface area contributed by atoms with Crippen molar-refractivity contribution in [2.75, 3.05) is 0 Å². The van der Waals surface area contributed by atoms with E-state index in [-0.39, 0.29) is 6.04 Å². The van der Waals surface area contributed by atoms with Crippen LogP contribution >= 0.6 is 27.5 Å². The van der Waals surface area contributed by atoms with E-state index in [2.05, 4.69) is 21.0 Å². The Balaban J connectivity index is 2.22. The Labute approximate surface area is 126 Å². The lowest BCUT2D eigenvalue weighted by molar-refractivity contribution is 0.164. The van der Waals surface area contributed by atoms with Gasteiger partial charge in [0.2, 0.25) is 0 Å². The quantitative estimate of drug-likeness (QED) is 0.905. The van der Waals surface area contributed by atoms with Crippen LogP contribution < -0.4 is 0 Å². The molecule has 1 N–H and O–H groups in total. The van der Waals surface area contributed by atoms with Crippen LogP contribution in [0.5, 0.6) is 0 Å². The van der Waals surface area contributed by atoms with Crippen LogP contribution in [0.15, 0.2) is 34.9 Å². The monoisotopic (exact) mass is 342 g/mol. The summed E-state index contributed by atoms with van der Waals surface area (Å²) in [6.07, 6.45) is 1.66. The number of hydrogen-bond acceptors (Lipinski definition) is 2. The molecule has 0 aliphatic heterocycles. The van der Waals surface area contributed by atoms with Gasteiger partial charge in [-0.2, -0.15) is 5.10 Å². The van der Waals surface area contributed by atoms with Crippen molar-refractivity contribution in [3.63, 3.8) is 0 Å². The van der Waals surface area contributed by atoms with E-state index in [0.717, 1.165) is 15.7 Å². The maximum atomic E-state index is 10.4. The number of aliphatic hydroxyl groups excluding tert-OH is 1. The first kappa shape index (κ1) is 14.6. The van der Waals surface area contributed by atoms with E-state index in [9.17, 15) is 5.11 Å². The Morgan fingerprint density at radius 1 is 1.32 bits per heavy atom. The van der Waals surface area contributed by atoms with Crippen molar-refractivity contribution < 1.29 is 5.11 Å². The summed E-state index contributed by atoms with van der Waals surface area (Å²) in [7, 11) is 0. The zero-order valence-electron chi connectivity index (χ0n) is 10.8. The number of aliphatic hydroxyl groups is 1. The Hall–Kier alpha value is -0.840. The van der Waals surface area contributed by atoms with Crippen LogP contribution in [0.25, 0.3) is 0 Å². The lowest BCUT2D eigenvalue weighted by Gasteiger charge is -2.16. The predicted octanol–water partition coefficient (Wildman–Crippen LogP) is 4.16. The van der Waals surface area contributed by atoms with Gasteiger partial charge in [0.1, 0.15) is 6.10 Å². The lowest BCUT2D eigenvalue weighted by Crippen LogP contribution is -2.13. The molecule has 1 heterocycles. The number of rotatable bonds is 4. The largest absolute Gasteiger partial charge is 0.386 e. The topological polar surface area (TPSA) is 38.0 Å². The molecule has 3 nitrogen and oxygen atoms in total. The minimum Gasteiger partial charge on any atom is -0.386 e. The van der Waals surface area contributed by atoms with Gasteiger partial charge in [0.15, 0.2) is 0 Å². The molecule has 0 bridgehead atoms. The minimum atomic E-state index is -0.597. The summed E-state index contributed by atoms with van der Waals surface area (Å²) >= 11 is 9.30. The van der Waals surface area contributed by atoms with Crippen molar-refractivity contribution in [1.29, 1.82) is 0 Å². The second-order valence-electron chi connectivity index (χ2n) is 4.76. The first-order valence-electron chi connectivity index (χ1n) is 6.14. The van der Waals surface area contributed by atoms with Gasteiger partial charge in [-0.3, -0.25) is 4.68 Å². The van der Waals surface area contributed by atoms with Gasteiger partial charge in [-0.15, -0.1) is 0 Å². The molecule has 1 aromatic carbocycles. The van der Waals surface area contributed by atoms with Gasteiger partial charge in [-0.05, 0) is 47.5 Å². The van der Waals surface area contributed by atoms with Crippen molar-refractivity contribution in [2.24, 2.45) is 0 Å². The second kappa shape index (κ2) is 6.07. The maximum Gasteiger partial charge on any atom is 0.101 e. The number of benzene rings is 1. The number of hydrogen-bond donors (Lipinski definition) is 1. The molecule has 0 spiro atoms. The molecule has 1 unspecified atom stereocenters.